The molecule has 0 saturated carbocycles. The molecule has 1 aromatic carbocycles. The Balaban J connectivity index is 0.00000196. The number of aromatic nitrogens is 3. The molecular formula is C19H22ClN5O. The summed E-state index contributed by atoms with van der Waals surface area (Å²) in [6.45, 7) is 3.59. The predicted molar refractivity (Wildman–Crippen MR) is 105 cm³/mol. The summed E-state index contributed by atoms with van der Waals surface area (Å²) in [7, 11) is 0. The molecule has 0 bridgehead atoms. The second kappa shape index (κ2) is 8.40. The van der Waals surface area contributed by atoms with Gasteiger partial charge in [0, 0.05) is 25.3 Å². The molecule has 1 saturated heterocycles. The normalized spacial score (nSPS) is 16.5. The molecule has 3 aromatic rings. The number of ether oxygens (including phenoxy) is 1. The lowest BCUT2D eigenvalue weighted by Gasteiger charge is -2.10. The average Bonchev–Trinajstić information content (AvgIpc) is 3.16. The first-order chi connectivity index (χ1) is 12.3. The fourth-order valence-electron chi connectivity index (χ4n) is 3.13. The van der Waals surface area contributed by atoms with Crippen LogP contribution in [-0.2, 0) is 11.3 Å². The van der Waals surface area contributed by atoms with Gasteiger partial charge in [0.15, 0.2) is 5.82 Å². The molecule has 2 aromatic heterocycles. The molecule has 1 fully saturated rings. The molecule has 0 spiro atoms. The van der Waals surface area contributed by atoms with Crippen molar-refractivity contribution in [3.8, 4) is 11.3 Å². The van der Waals surface area contributed by atoms with E-state index >= 15 is 0 Å². The highest BCUT2D eigenvalue weighted by Gasteiger charge is 2.14. The molecule has 7 heteroatoms. The smallest absolute Gasteiger partial charge is 0.153 e. The maximum absolute atomic E-state index is 5.92. The molecule has 3 N–H and O–H groups in total. The number of pyridine rings is 1. The van der Waals surface area contributed by atoms with Gasteiger partial charge in [0.1, 0.15) is 11.8 Å². The van der Waals surface area contributed by atoms with Crippen molar-refractivity contribution >= 4 is 29.3 Å². The van der Waals surface area contributed by atoms with E-state index in [1.807, 2.05) is 12.1 Å². The van der Waals surface area contributed by atoms with Gasteiger partial charge in [-0.05, 0) is 36.1 Å². The SMILES string of the molecule is Cl.Nc1ncnc2ccc(-c3cccc(CNCC4CCOC4)c3)nc12. The van der Waals surface area contributed by atoms with Gasteiger partial charge in [-0.3, -0.25) is 0 Å². The van der Waals surface area contributed by atoms with Crippen molar-refractivity contribution in [3.05, 3.63) is 48.3 Å². The van der Waals surface area contributed by atoms with Crippen molar-refractivity contribution in [1.82, 2.24) is 20.3 Å². The fraction of sp³-hybridized carbons (Fsp3) is 0.316. The molecule has 136 valence electrons. The number of benzene rings is 1. The van der Waals surface area contributed by atoms with Crippen LogP contribution in [0.25, 0.3) is 22.3 Å². The van der Waals surface area contributed by atoms with Crippen molar-refractivity contribution in [2.75, 3.05) is 25.5 Å². The summed E-state index contributed by atoms with van der Waals surface area (Å²) in [5.41, 5.74) is 10.5. The van der Waals surface area contributed by atoms with Crippen LogP contribution in [0.4, 0.5) is 5.82 Å². The Labute approximate surface area is 158 Å². The molecule has 1 atom stereocenters. The van der Waals surface area contributed by atoms with Crippen LogP contribution in [0.15, 0.2) is 42.7 Å². The molecule has 0 aliphatic carbocycles. The standard InChI is InChI=1S/C19H21N5O.ClH/c20-19-18-17(22-12-23-19)5-4-16(24-18)15-3-1-2-13(8-15)9-21-10-14-6-7-25-11-14;/h1-5,8,12,14,21H,6-7,9-11H2,(H2,20,22,23);1H. The van der Waals surface area contributed by atoms with Crippen molar-refractivity contribution < 1.29 is 4.74 Å². The Kier molecular flexibility index (Phi) is 5.98. The Morgan fingerprint density at radius 2 is 2.12 bits per heavy atom. The Morgan fingerprint density at radius 1 is 1.19 bits per heavy atom. The second-order valence-corrected chi connectivity index (χ2v) is 6.38. The van der Waals surface area contributed by atoms with Crippen molar-refractivity contribution in [2.24, 2.45) is 5.92 Å². The van der Waals surface area contributed by atoms with Crippen LogP contribution in [0, 0.1) is 5.92 Å². The minimum absolute atomic E-state index is 0. The molecule has 1 unspecified atom stereocenters. The van der Waals surface area contributed by atoms with Crippen molar-refractivity contribution in [1.29, 1.82) is 0 Å². The highest BCUT2D eigenvalue weighted by molar-refractivity contribution is 5.86. The quantitative estimate of drug-likeness (QED) is 0.717. The third-order valence-electron chi connectivity index (χ3n) is 4.52. The van der Waals surface area contributed by atoms with E-state index in [1.165, 1.54) is 11.9 Å². The molecule has 3 heterocycles. The molecular weight excluding hydrogens is 350 g/mol. The van der Waals surface area contributed by atoms with Crippen LogP contribution in [0.1, 0.15) is 12.0 Å². The molecule has 4 rings (SSSR count). The number of nitrogen functional groups attached to an aromatic ring is 1. The van der Waals surface area contributed by atoms with Crippen molar-refractivity contribution in [3.63, 3.8) is 0 Å². The van der Waals surface area contributed by atoms with Gasteiger partial charge in [-0.2, -0.15) is 0 Å². The van der Waals surface area contributed by atoms with Crippen molar-refractivity contribution in [2.45, 2.75) is 13.0 Å². The monoisotopic (exact) mass is 371 g/mol. The molecule has 0 amide bonds. The van der Waals surface area contributed by atoms with Gasteiger partial charge in [0.05, 0.1) is 17.8 Å². The van der Waals surface area contributed by atoms with E-state index in [9.17, 15) is 0 Å². The van der Waals surface area contributed by atoms with E-state index in [0.29, 0.717) is 17.3 Å². The summed E-state index contributed by atoms with van der Waals surface area (Å²) in [6, 6.07) is 12.3. The van der Waals surface area contributed by atoms with E-state index < -0.39 is 0 Å². The Bertz CT molecular complexity index is 883. The average molecular weight is 372 g/mol. The maximum atomic E-state index is 5.92. The summed E-state index contributed by atoms with van der Waals surface area (Å²) >= 11 is 0. The van der Waals surface area contributed by atoms with E-state index in [2.05, 4.69) is 44.5 Å². The number of halogens is 1. The van der Waals surface area contributed by atoms with Gasteiger partial charge in [-0.25, -0.2) is 15.0 Å². The highest BCUT2D eigenvalue weighted by atomic mass is 35.5. The van der Waals surface area contributed by atoms with Crippen LogP contribution in [-0.4, -0.2) is 34.7 Å². The highest BCUT2D eigenvalue weighted by Crippen LogP contribution is 2.23. The van der Waals surface area contributed by atoms with Gasteiger partial charge < -0.3 is 15.8 Å². The molecule has 26 heavy (non-hydrogen) atoms. The number of nitrogens with one attached hydrogen (secondary N) is 1. The number of anilines is 1. The van der Waals surface area contributed by atoms with Crippen LogP contribution in [0.5, 0.6) is 0 Å². The first-order valence-corrected chi connectivity index (χ1v) is 8.54. The second-order valence-electron chi connectivity index (χ2n) is 6.38. The summed E-state index contributed by atoms with van der Waals surface area (Å²) in [4.78, 5) is 12.9. The largest absolute Gasteiger partial charge is 0.382 e. The Hall–Kier alpha value is -2.28. The van der Waals surface area contributed by atoms with E-state index in [0.717, 1.165) is 49.5 Å². The summed E-state index contributed by atoms with van der Waals surface area (Å²) in [5, 5.41) is 3.52. The third-order valence-corrected chi connectivity index (χ3v) is 4.52. The van der Waals surface area contributed by atoms with E-state index in [-0.39, 0.29) is 12.4 Å². The lowest BCUT2D eigenvalue weighted by atomic mass is 10.1. The Morgan fingerprint density at radius 3 is 2.96 bits per heavy atom. The lowest BCUT2D eigenvalue weighted by Crippen LogP contribution is -2.22. The molecule has 6 nitrogen and oxygen atoms in total. The van der Waals surface area contributed by atoms with E-state index in [4.69, 9.17) is 10.5 Å². The first kappa shape index (κ1) is 18.5. The minimum atomic E-state index is 0. The zero-order valence-electron chi connectivity index (χ0n) is 14.4. The predicted octanol–water partition coefficient (Wildman–Crippen LogP) is 2.82. The fourth-order valence-corrected chi connectivity index (χ4v) is 3.13. The minimum Gasteiger partial charge on any atom is -0.382 e. The number of rotatable bonds is 5. The van der Waals surface area contributed by atoms with Gasteiger partial charge in [0.2, 0.25) is 0 Å². The molecule has 0 radical (unpaired) electrons. The van der Waals surface area contributed by atoms with Gasteiger partial charge in [-0.1, -0.05) is 18.2 Å². The first-order valence-electron chi connectivity index (χ1n) is 8.54. The van der Waals surface area contributed by atoms with Gasteiger partial charge in [0.25, 0.3) is 0 Å². The number of nitrogens with zero attached hydrogens (tertiary/aromatic N) is 3. The van der Waals surface area contributed by atoms with Crippen LogP contribution < -0.4 is 11.1 Å². The maximum Gasteiger partial charge on any atom is 0.153 e. The lowest BCUT2D eigenvalue weighted by molar-refractivity contribution is 0.185. The van der Waals surface area contributed by atoms with Gasteiger partial charge in [-0.15, -0.1) is 12.4 Å². The zero-order valence-corrected chi connectivity index (χ0v) is 15.2. The number of fused-ring (bicyclic) bond motifs is 1. The number of hydrogen-bond acceptors (Lipinski definition) is 6. The van der Waals surface area contributed by atoms with Crippen LogP contribution in [0.3, 0.4) is 0 Å². The topological polar surface area (TPSA) is 86.0 Å². The van der Waals surface area contributed by atoms with Crippen LogP contribution >= 0.6 is 12.4 Å². The van der Waals surface area contributed by atoms with E-state index in [1.54, 1.807) is 0 Å². The number of hydrogen-bond donors (Lipinski definition) is 2. The third kappa shape index (κ3) is 4.09. The van der Waals surface area contributed by atoms with Crippen LogP contribution in [0.2, 0.25) is 0 Å². The zero-order chi connectivity index (χ0) is 17.1. The summed E-state index contributed by atoms with van der Waals surface area (Å²) in [6.07, 6.45) is 2.61. The molecule has 1 aliphatic heterocycles. The van der Waals surface area contributed by atoms with Gasteiger partial charge >= 0.3 is 0 Å². The number of nitrogens with two attached hydrogens (primary N) is 1. The molecule has 1 aliphatic rings. The summed E-state index contributed by atoms with van der Waals surface area (Å²) in [5.74, 6) is 1.04. The summed E-state index contributed by atoms with van der Waals surface area (Å²) < 4.78 is 5.41.